The first kappa shape index (κ1) is 10.2. The number of aliphatic hydroxyl groups excluding tert-OH is 1. The molecule has 0 radical (unpaired) electrons. The Morgan fingerprint density at radius 2 is 2.08 bits per heavy atom. The van der Waals surface area contributed by atoms with Gasteiger partial charge in [0.25, 0.3) is 0 Å². The standard InChI is InChI=1S/C8H12ClN3O/c1-4(2)6-5(3-13)7(9)12-8(10)11-6/h4,13H,3H2,1-2H3,(H2,10,11,12). The molecule has 1 heterocycles. The molecule has 5 heteroatoms. The van der Waals surface area contributed by atoms with Crippen molar-refractivity contribution in [2.24, 2.45) is 0 Å². The molecule has 4 nitrogen and oxygen atoms in total. The summed E-state index contributed by atoms with van der Waals surface area (Å²) in [6.07, 6.45) is 0. The van der Waals surface area contributed by atoms with Crippen molar-refractivity contribution in [3.8, 4) is 0 Å². The van der Waals surface area contributed by atoms with Crippen LogP contribution in [0.15, 0.2) is 0 Å². The molecule has 0 atom stereocenters. The number of aromatic nitrogens is 2. The average Bonchev–Trinajstić information content (AvgIpc) is 2.02. The molecule has 1 aromatic rings. The Labute approximate surface area is 81.8 Å². The Bertz CT molecular complexity index is 315. The zero-order valence-electron chi connectivity index (χ0n) is 7.58. The molecule has 0 fully saturated rings. The van der Waals surface area contributed by atoms with Crippen LogP contribution in [0.5, 0.6) is 0 Å². The van der Waals surface area contributed by atoms with Crippen molar-refractivity contribution in [3.05, 3.63) is 16.4 Å². The molecule has 3 N–H and O–H groups in total. The van der Waals surface area contributed by atoms with Crippen molar-refractivity contribution >= 4 is 17.5 Å². The fourth-order valence-electron chi connectivity index (χ4n) is 1.11. The number of hydrogen-bond acceptors (Lipinski definition) is 4. The number of nitrogen functional groups attached to an aromatic ring is 1. The van der Waals surface area contributed by atoms with Crippen LogP contribution in [0, 0.1) is 0 Å². The third-order valence-electron chi connectivity index (χ3n) is 1.71. The second-order valence-electron chi connectivity index (χ2n) is 3.05. The van der Waals surface area contributed by atoms with E-state index >= 15 is 0 Å². The summed E-state index contributed by atoms with van der Waals surface area (Å²) in [4.78, 5) is 7.79. The number of nitrogens with zero attached hydrogens (tertiary/aromatic N) is 2. The minimum atomic E-state index is -0.160. The van der Waals surface area contributed by atoms with E-state index in [9.17, 15) is 0 Å². The van der Waals surface area contributed by atoms with Crippen molar-refractivity contribution in [2.45, 2.75) is 26.4 Å². The predicted molar refractivity (Wildman–Crippen MR) is 51.5 cm³/mol. The molecule has 13 heavy (non-hydrogen) atoms. The number of rotatable bonds is 2. The summed E-state index contributed by atoms with van der Waals surface area (Å²) in [6.45, 7) is 3.75. The first-order valence-electron chi connectivity index (χ1n) is 3.99. The summed E-state index contributed by atoms with van der Waals surface area (Å²) in [5.41, 5.74) is 6.70. The van der Waals surface area contributed by atoms with Gasteiger partial charge in [-0.05, 0) is 5.92 Å². The van der Waals surface area contributed by atoms with E-state index in [0.29, 0.717) is 11.3 Å². The lowest BCUT2D eigenvalue weighted by Crippen LogP contribution is -2.06. The van der Waals surface area contributed by atoms with Gasteiger partial charge >= 0.3 is 0 Å². The van der Waals surface area contributed by atoms with E-state index in [4.69, 9.17) is 22.4 Å². The van der Waals surface area contributed by atoms with Crippen molar-refractivity contribution in [3.63, 3.8) is 0 Å². The van der Waals surface area contributed by atoms with Gasteiger partial charge in [-0.15, -0.1) is 0 Å². The Kier molecular flexibility index (Phi) is 3.06. The number of anilines is 1. The second kappa shape index (κ2) is 3.89. The predicted octanol–water partition coefficient (Wildman–Crippen LogP) is 1.33. The van der Waals surface area contributed by atoms with E-state index in [1.807, 2.05) is 13.8 Å². The highest BCUT2D eigenvalue weighted by atomic mass is 35.5. The SMILES string of the molecule is CC(C)c1nc(N)nc(Cl)c1CO. The van der Waals surface area contributed by atoms with Crippen LogP contribution in [-0.4, -0.2) is 15.1 Å². The summed E-state index contributed by atoms with van der Waals surface area (Å²) >= 11 is 5.79. The first-order valence-corrected chi connectivity index (χ1v) is 4.36. The molecule has 0 saturated carbocycles. The Hall–Kier alpha value is -0.870. The van der Waals surface area contributed by atoms with Gasteiger partial charge in [-0.3, -0.25) is 0 Å². The highest BCUT2D eigenvalue weighted by Crippen LogP contribution is 2.23. The monoisotopic (exact) mass is 201 g/mol. The van der Waals surface area contributed by atoms with Crippen LogP contribution in [0.2, 0.25) is 5.15 Å². The van der Waals surface area contributed by atoms with Gasteiger partial charge in [0.2, 0.25) is 5.95 Å². The summed E-state index contributed by atoms with van der Waals surface area (Å²) in [5, 5.41) is 9.27. The fourth-order valence-corrected chi connectivity index (χ4v) is 1.36. The molecule has 0 aromatic carbocycles. The maximum atomic E-state index is 9.03. The van der Waals surface area contributed by atoms with Gasteiger partial charge in [0.1, 0.15) is 5.15 Å². The van der Waals surface area contributed by atoms with Gasteiger partial charge in [-0.2, -0.15) is 0 Å². The minimum Gasteiger partial charge on any atom is -0.391 e. The number of nitrogens with two attached hydrogens (primary N) is 1. The van der Waals surface area contributed by atoms with Crippen molar-refractivity contribution in [2.75, 3.05) is 5.73 Å². The molecule has 0 aliphatic carbocycles. The molecule has 0 amide bonds. The van der Waals surface area contributed by atoms with Gasteiger partial charge in [0.15, 0.2) is 0 Å². The zero-order valence-corrected chi connectivity index (χ0v) is 8.34. The maximum absolute atomic E-state index is 9.03. The minimum absolute atomic E-state index is 0.144. The molecule has 72 valence electrons. The van der Waals surface area contributed by atoms with Crippen LogP contribution >= 0.6 is 11.6 Å². The molecule has 1 aromatic heterocycles. The van der Waals surface area contributed by atoms with Gasteiger partial charge in [-0.1, -0.05) is 25.4 Å². The van der Waals surface area contributed by atoms with E-state index in [1.165, 1.54) is 0 Å². The molecule has 1 rings (SSSR count). The average molecular weight is 202 g/mol. The van der Waals surface area contributed by atoms with Gasteiger partial charge in [0.05, 0.1) is 12.3 Å². The van der Waals surface area contributed by atoms with E-state index < -0.39 is 0 Å². The molecule has 0 aliphatic rings. The van der Waals surface area contributed by atoms with Crippen LogP contribution in [0.4, 0.5) is 5.95 Å². The Morgan fingerprint density at radius 3 is 2.54 bits per heavy atom. The van der Waals surface area contributed by atoms with Crippen LogP contribution in [0.3, 0.4) is 0 Å². The molecule has 0 aliphatic heterocycles. The van der Waals surface area contributed by atoms with E-state index in [1.54, 1.807) is 0 Å². The van der Waals surface area contributed by atoms with Crippen LogP contribution in [0.25, 0.3) is 0 Å². The zero-order chi connectivity index (χ0) is 10.0. The van der Waals surface area contributed by atoms with Crippen LogP contribution in [-0.2, 0) is 6.61 Å². The maximum Gasteiger partial charge on any atom is 0.221 e. The third kappa shape index (κ3) is 2.08. The van der Waals surface area contributed by atoms with E-state index in [2.05, 4.69) is 9.97 Å². The van der Waals surface area contributed by atoms with Crippen molar-refractivity contribution < 1.29 is 5.11 Å². The van der Waals surface area contributed by atoms with Crippen LogP contribution in [0.1, 0.15) is 31.0 Å². The van der Waals surface area contributed by atoms with Crippen LogP contribution < -0.4 is 5.73 Å². The smallest absolute Gasteiger partial charge is 0.221 e. The van der Waals surface area contributed by atoms with Gasteiger partial charge < -0.3 is 10.8 Å². The van der Waals surface area contributed by atoms with Gasteiger partial charge in [-0.25, -0.2) is 9.97 Å². The Balaban J connectivity index is 3.29. The highest BCUT2D eigenvalue weighted by Gasteiger charge is 2.13. The number of aliphatic hydroxyl groups is 1. The number of hydrogen-bond donors (Lipinski definition) is 2. The second-order valence-corrected chi connectivity index (χ2v) is 3.41. The van der Waals surface area contributed by atoms with E-state index in [0.717, 1.165) is 0 Å². The highest BCUT2D eigenvalue weighted by molar-refractivity contribution is 6.30. The molecule has 0 unspecified atom stereocenters. The molecular weight excluding hydrogens is 190 g/mol. The lowest BCUT2D eigenvalue weighted by atomic mass is 10.1. The van der Waals surface area contributed by atoms with E-state index in [-0.39, 0.29) is 23.6 Å². The molecule has 0 bridgehead atoms. The fraction of sp³-hybridized carbons (Fsp3) is 0.500. The third-order valence-corrected chi connectivity index (χ3v) is 2.02. The largest absolute Gasteiger partial charge is 0.391 e. The first-order chi connectivity index (χ1) is 6.06. The molecule has 0 spiro atoms. The topological polar surface area (TPSA) is 72.0 Å². The summed E-state index contributed by atoms with van der Waals surface area (Å²) in [6, 6.07) is 0. The quantitative estimate of drug-likeness (QED) is 0.709. The lowest BCUT2D eigenvalue weighted by Gasteiger charge is -2.11. The summed E-state index contributed by atoms with van der Waals surface area (Å²) in [5.74, 6) is 0.316. The van der Waals surface area contributed by atoms with Crippen molar-refractivity contribution in [1.82, 2.24) is 9.97 Å². The summed E-state index contributed by atoms with van der Waals surface area (Å²) in [7, 11) is 0. The lowest BCUT2D eigenvalue weighted by molar-refractivity contribution is 0.279. The summed E-state index contributed by atoms with van der Waals surface area (Å²) < 4.78 is 0. The van der Waals surface area contributed by atoms with Crippen molar-refractivity contribution in [1.29, 1.82) is 0 Å². The normalized spacial score (nSPS) is 10.8. The van der Waals surface area contributed by atoms with Gasteiger partial charge in [0, 0.05) is 5.56 Å². The number of halogens is 1. The molecular formula is C8H12ClN3O. The Morgan fingerprint density at radius 1 is 1.46 bits per heavy atom. The molecule has 0 saturated heterocycles.